The van der Waals surface area contributed by atoms with Gasteiger partial charge in [-0.3, -0.25) is 4.68 Å². The molecular formula is C21H17F3N4O4. The highest BCUT2D eigenvalue weighted by molar-refractivity contribution is 5.93. The predicted molar refractivity (Wildman–Crippen MR) is 107 cm³/mol. The summed E-state index contributed by atoms with van der Waals surface area (Å²) in [5, 5.41) is 4.87. The number of carbonyl (C=O) groups is 1. The quantitative estimate of drug-likeness (QED) is 0.451. The lowest BCUT2D eigenvalue weighted by molar-refractivity contribution is -0.199. The van der Waals surface area contributed by atoms with Crippen molar-refractivity contribution >= 4 is 17.0 Å². The molecule has 4 rings (SSSR count). The third kappa shape index (κ3) is 4.22. The highest BCUT2D eigenvalue weighted by Gasteiger charge is 2.42. The smallest absolute Gasteiger partial charge is 0.493 e. The van der Waals surface area contributed by atoms with Crippen LogP contribution in [0.25, 0.3) is 22.2 Å². The van der Waals surface area contributed by atoms with Crippen molar-refractivity contribution < 1.29 is 32.3 Å². The Morgan fingerprint density at radius 2 is 1.81 bits per heavy atom. The van der Waals surface area contributed by atoms with E-state index in [1.165, 1.54) is 18.5 Å². The van der Waals surface area contributed by atoms with E-state index in [9.17, 15) is 18.0 Å². The molecule has 3 aromatic heterocycles. The number of benzene rings is 1. The van der Waals surface area contributed by atoms with Gasteiger partial charge in [-0.2, -0.15) is 23.0 Å². The molecule has 4 aromatic rings. The first-order chi connectivity index (χ1) is 15.3. The van der Waals surface area contributed by atoms with Crippen molar-refractivity contribution in [2.45, 2.75) is 12.7 Å². The van der Waals surface area contributed by atoms with Gasteiger partial charge < -0.3 is 14.3 Å². The largest absolute Gasteiger partial charge is 0.497 e. The highest BCUT2D eigenvalue weighted by atomic mass is 19.4. The topological polar surface area (TPSA) is 80.4 Å². The van der Waals surface area contributed by atoms with Gasteiger partial charge in [-0.05, 0) is 35.4 Å². The Morgan fingerprint density at radius 1 is 1.09 bits per heavy atom. The first-order valence-corrected chi connectivity index (χ1v) is 9.29. The van der Waals surface area contributed by atoms with Crippen LogP contribution in [-0.2, 0) is 11.3 Å². The van der Waals surface area contributed by atoms with Crippen LogP contribution in [-0.4, -0.2) is 45.9 Å². The van der Waals surface area contributed by atoms with E-state index in [2.05, 4.69) is 14.9 Å². The molecule has 3 heterocycles. The lowest BCUT2D eigenvalue weighted by atomic mass is 10.1. The van der Waals surface area contributed by atoms with Crippen molar-refractivity contribution in [3.05, 3.63) is 60.7 Å². The van der Waals surface area contributed by atoms with Crippen LogP contribution in [0.5, 0.6) is 11.5 Å². The van der Waals surface area contributed by atoms with Gasteiger partial charge in [0.25, 0.3) is 0 Å². The van der Waals surface area contributed by atoms with E-state index < -0.39 is 12.1 Å². The van der Waals surface area contributed by atoms with Crippen molar-refractivity contribution in [2.75, 3.05) is 14.2 Å². The van der Waals surface area contributed by atoms with Crippen LogP contribution >= 0.6 is 0 Å². The zero-order valence-corrected chi connectivity index (χ0v) is 17.0. The maximum Gasteiger partial charge on any atom is 0.493 e. The first-order valence-electron chi connectivity index (χ1n) is 9.29. The summed E-state index contributed by atoms with van der Waals surface area (Å²) in [4.78, 5) is 19.6. The van der Waals surface area contributed by atoms with Gasteiger partial charge in [-0.15, -0.1) is 0 Å². The van der Waals surface area contributed by atoms with E-state index in [1.54, 1.807) is 43.4 Å². The average Bonchev–Trinajstić information content (AvgIpc) is 3.40. The van der Waals surface area contributed by atoms with Gasteiger partial charge in [-0.1, -0.05) is 0 Å². The van der Waals surface area contributed by atoms with Gasteiger partial charge in [-0.25, -0.2) is 9.78 Å². The zero-order valence-electron chi connectivity index (χ0n) is 17.0. The molecule has 8 nitrogen and oxygen atoms in total. The molecule has 32 heavy (non-hydrogen) atoms. The number of rotatable bonds is 6. The summed E-state index contributed by atoms with van der Waals surface area (Å²) in [5.41, 5.74) is 2.37. The molecule has 11 heteroatoms. The predicted octanol–water partition coefficient (Wildman–Crippen LogP) is 3.48. The second-order valence-electron chi connectivity index (χ2n) is 6.76. The molecule has 0 saturated carbocycles. The molecule has 0 radical (unpaired) electrons. The number of methoxy groups -OCH3 is 2. The Hall–Kier alpha value is -4.02. The molecule has 1 aromatic carbocycles. The molecule has 0 unspecified atom stereocenters. The third-order valence-corrected chi connectivity index (χ3v) is 4.67. The number of aromatic nitrogens is 4. The Kier molecular flexibility index (Phi) is 5.47. The summed E-state index contributed by atoms with van der Waals surface area (Å²) in [6, 6.07) is 8.72. The fourth-order valence-electron chi connectivity index (χ4n) is 3.22. The molecular weight excluding hydrogens is 429 g/mol. The van der Waals surface area contributed by atoms with Crippen molar-refractivity contribution in [3.63, 3.8) is 0 Å². The van der Waals surface area contributed by atoms with Crippen molar-refractivity contribution in [2.24, 2.45) is 0 Å². The van der Waals surface area contributed by atoms with E-state index in [1.807, 2.05) is 12.1 Å². The second kappa shape index (κ2) is 8.25. The van der Waals surface area contributed by atoms with E-state index in [4.69, 9.17) is 9.47 Å². The number of pyridine rings is 1. The SMILES string of the molecule is COc1cc(Cn2cc(-c3ccnc4c3ccn4OC(=O)C(F)(F)F)cn2)cc(OC)c1. The van der Waals surface area contributed by atoms with Gasteiger partial charge in [0, 0.05) is 35.6 Å². The molecule has 0 bridgehead atoms. The summed E-state index contributed by atoms with van der Waals surface area (Å²) < 4.78 is 50.5. The number of alkyl halides is 3. The van der Waals surface area contributed by atoms with Crippen LogP contribution in [0.15, 0.2) is 55.1 Å². The van der Waals surface area contributed by atoms with E-state index in [0.717, 1.165) is 5.56 Å². The minimum Gasteiger partial charge on any atom is -0.497 e. The van der Waals surface area contributed by atoms with Crippen LogP contribution in [0.1, 0.15) is 5.56 Å². The molecule has 0 amide bonds. The zero-order chi connectivity index (χ0) is 22.9. The van der Waals surface area contributed by atoms with Crippen molar-refractivity contribution in [3.8, 4) is 22.6 Å². The van der Waals surface area contributed by atoms with Crippen LogP contribution < -0.4 is 14.3 Å². The van der Waals surface area contributed by atoms with Gasteiger partial charge in [0.2, 0.25) is 0 Å². The van der Waals surface area contributed by atoms with Crippen molar-refractivity contribution in [1.29, 1.82) is 0 Å². The monoisotopic (exact) mass is 446 g/mol. The van der Waals surface area contributed by atoms with Crippen LogP contribution in [0, 0.1) is 0 Å². The van der Waals surface area contributed by atoms with Gasteiger partial charge in [0.1, 0.15) is 11.5 Å². The van der Waals surface area contributed by atoms with Crippen molar-refractivity contribution in [1.82, 2.24) is 19.5 Å². The maximum atomic E-state index is 12.5. The third-order valence-electron chi connectivity index (χ3n) is 4.67. The van der Waals surface area contributed by atoms with E-state index >= 15 is 0 Å². The molecule has 166 valence electrons. The number of hydrogen-bond donors (Lipinski definition) is 0. The Bertz CT molecular complexity index is 1260. The van der Waals surface area contributed by atoms with E-state index in [-0.39, 0.29) is 5.65 Å². The number of nitrogens with zero attached hydrogens (tertiary/aromatic N) is 4. The Labute approximate surface area is 179 Å². The molecule has 0 N–H and O–H groups in total. The fourth-order valence-corrected chi connectivity index (χ4v) is 3.22. The summed E-state index contributed by atoms with van der Waals surface area (Å²) in [6.07, 6.45) is 0.931. The summed E-state index contributed by atoms with van der Waals surface area (Å²) in [6.45, 7) is 0.437. The maximum absolute atomic E-state index is 12.5. The molecule has 0 aliphatic rings. The number of ether oxygens (including phenoxy) is 2. The molecule has 0 atom stereocenters. The lowest BCUT2D eigenvalue weighted by Gasteiger charge is -2.09. The molecule has 0 saturated heterocycles. The molecule has 0 spiro atoms. The Morgan fingerprint density at radius 3 is 2.47 bits per heavy atom. The second-order valence-corrected chi connectivity index (χ2v) is 6.76. The number of fused-ring (bicyclic) bond motifs is 1. The fraction of sp³-hybridized carbons (Fsp3) is 0.190. The standard InChI is InChI=1S/C21H17F3N4O4/c1-30-15-7-13(8-16(9-15)31-2)11-27-12-14(10-26-27)17-3-5-25-19-18(17)4-6-28(19)32-20(29)21(22,23)24/h3-10,12H,11H2,1-2H3. The summed E-state index contributed by atoms with van der Waals surface area (Å²) in [5.74, 6) is -1.03. The summed E-state index contributed by atoms with van der Waals surface area (Å²) in [7, 11) is 3.13. The van der Waals surface area contributed by atoms with Crippen LogP contribution in [0.4, 0.5) is 13.2 Å². The van der Waals surface area contributed by atoms with Crippen LogP contribution in [0.3, 0.4) is 0 Å². The number of halogens is 3. The van der Waals surface area contributed by atoms with E-state index in [0.29, 0.717) is 39.3 Å². The molecule has 0 aliphatic heterocycles. The first kappa shape index (κ1) is 21.2. The van der Waals surface area contributed by atoms with Gasteiger partial charge in [0.15, 0.2) is 5.65 Å². The van der Waals surface area contributed by atoms with Gasteiger partial charge >= 0.3 is 12.1 Å². The minimum absolute atomic E-state index is 0.0744. The number of carbonyl (C=O) groups excluding carboxylic acids is 1. The minimum atomic E-state index is -5.11. The summed E-state index contributed by atoms with van der Waals surface area (Å²) >= 11 is 0. The van der Waals surface area contributed by atoms with Crippen LogP contribution in [0.2, 0.25) is 0 Å². The highest BCUT2D eigenvalue weighted by Crippen LogP contribution is 2.29. The lowest BCUT2D eigenvalue weighted by Crippen LogP contribution is -2.33. The molecule has 0 aliphatic carbocycles. The average molecular weight is 446 g/mol. The Balaban J connectivity index is 1.62. The number of hydrogen-bond acceptors (Lipinski definition) is 6. The van der Waals surface area contributed by atoms with Gasteiger partial charge in [0.05, 0.1) is 27.0 Å². The molecule has 0 fully saturated rings. The normalized spacial score (nSPS) is 11.5.